The topological polar surface area (TPSA) is 72.3 Å². The van der Waals surface area contributed by atoms with Crippen LogP contribution in [0.25, 0.3) is 11.3 Å². The van der Waals surface area contributed by atoms with E-state index in [0.717, 1.165) is 49.7 Å². The molecule has 1 N–H and O–H groups in total. The minimum atomic E-state index is -0.0626. The number of anilines is 1. The summed E-state index contributed by atoms with van der Waals surface area (Å²) in [5.41, 5.74) is 3.82. The van der Waals surface area contributed by atoms with Crippen molar-refractivity contribution in [3.63, 3.8) is 0 Å². The quantitative estimate of drug-likeness (QED) is 0.744. The molecule has 0 bridgehead atoms. The number of hydrogen-bond donors (Lipinski definition) is 1. The number of nitrogens with zero attached hydrogens (tertiary/aromatic N) is 4. The molecule has 0 unspecified atom stereocenters. The van der Waals surface area contributed by atoms with Crippen LogP contribution in [0, 0.1) is 5.41 Å². The second kappa shape index (κ2) is 7.33. The maximum atomic E-state index is 12.5. The SMILES string of the molecule is O=C(Nc1cccc(-c2cn(Cc3ccccc3)nn2)c1)N1CC2(CCOC2)C1. The van der Waals surface area contributed by atoms with Crippen molar-refractivity contribution in [1.29, 1.82) is 0 Å². The van der Waals surface area contributed by atoms with Gasteiger partial charge in [-0.15, -0.1) is 5.10 Å². The fraction of sp³-hybridized carbons (Fsp3) is 0.318. The van der Waals surface area contributed by atoms with E-state index in [4.69, 9.17) is 4.74 Å². The van der Waals surface area contributed by atoms with Crippen LogP contribution in [0.5, 0.6) is 0 Å². The van der Waals surface area contributed by atoms with Gasteiger partial charge < -0.3 is 15.0 Å². The van der Waals surface area contributed by atoms with Crippen molar-refractivity contribution in [3.8, 4) is 11.3 Å². The van der Waals surface area contributed by atoms with Crippen LogP contribution < -0.4 is 5.32 Å². The van der Waals surface area contributed by atoms with Gasteiger partial charge in [-0.2, -0.15) is 0 Å². The van der Waals surface area contributed by atoms with Crippen molar-refractivity contribution in [1.82, 2.24) is 19.9 Å². The Balaban J connectivity index is 1.24. The fourth-order valence-corrected chi connectivity index (χ4v) is 4.04. The number of likely N-dealkylation sites (tertiary alicyclic amines) is 1. The third kappa shape index (κ3) is 3.73. The van der Waals surface area contributed by atoms with Gasteiger partial charge in [-0.05, 0) is 24.1 Å². The molecule has 2 aliphatic heterocycles. The van der Waals surface area contributed by atoms with E-state index in [9.17, 15) is 4.79 Å². The van der Waals surface area contributed by atoms with E-state index in [2.05, 4.69) is 27.8 Å². The van der Waals surface area contributed by atoms with Gasteiger partial charge in [-0.1, -0.05) is 47.7 Å². The third-order valence-electron chi connectivity index (χ3n) is 5.66. The third-order valence-corrected chi connectivity index (χ3v) is 5.66. The van der Waals surface area contributed by atoms with Crippen molar-refractivity contribution in [2.75, 3.05) is 31.6 Å². The predicted octanol–water partition coefficient (Wildman–Crippen LogP) is 3.25. The van der Waals surface area contributed by atoms with Crippen LogP contribution in [-0.2, 0) is 11.3 Å². The number of aromatic nitrogens is 3. The van der Waals surface area contributed by atoms with Gasteiger partial charge >= 0.3 is 6.03 Å². The molecule has 5 rings (SSSR count). The van der Waals surface area contributed by atoms with E-state index < -0.39 is 0 Å². The van der Waals surface area contributed by atoms with Crippen molar-refractivity contribution in [2.45, 2.75) is 13.0 Å². The Morgan fingerprint density at radius 3 is 2.79 bits per heavy atom. The first-order chi connectivity index (χ1) is 14.2. The number of ether oxygens (including phenoxy) is 1. The van der Waals surface area contributed by atoms with Crippen molar-refractivity contribution in [3.05, 3.63) is 66.4 Å². The lowest BCUT2D eigenvalue weighted by Crippen LogP contribution is -2.59. The van der Waals surface area contributed by atoms with Crippen LogP contribution in [0.4, 0.5) is 10.5 Å². The molecule has 0 saturated carbocycles. The Labute approximate surface area is 169 Å². The molecule has 3 aromatic rings. The number of urea groups is 1. The number of hydrogen-bond acceptors (Lipinski definition) is 4. The van der Waals surface area contributed by atoms with E-state index in [1.54, 1.807) is 0 Å². The fourth-order valence-electron chi connectivity index (χ4n) is 4.04. The molecule has 2 aliphatic rings. The second-order valence-electron chi connectivity index (χ2n) is 7.96. The number of carbonyl (C=O) groups is 1. The average Bonchev–Trinajstić information content (AvgIpc) is 3.38. The van der Waals surface area contributed by atoms with E-state index >= 15 is 0 Å². The van der Waals surface area contributed by atoms with Crippen molar-refractivity contribution in [2.24, 2.45) is 5.41 Å². The second-order valence-corrected chi connectivity index (χ2v) is 7.96. The number of amides is 2. The van der Waals surface area contributed by atoms with E-state index in [-0.39, 0.29) is 11.4 Å². The van der Waals surface area contributed by atoms with Gasteiger partial charge in [0.2, 0.25) is 0 Å². The van der Waals surface area contributed by atoms with E-state index in [1.807, 2.05) is 58.2 Å². The number of benzene rings is 2. The first-order valence-electron chi connectivity index (χ1n) is 9.87. The zero-order valence-electron chi connectivity index (χ0n) is 16.1. The van der Waals surface area contributed by atoms with Crippen LogP contribution in [0.15, 0.2) is 60.8 Å². The normalized spacial score (nSPS) is 17.3. The highest BCUT2D eigenvalue weighted by molar-refractivity contribution is 5.90. The molecule has 0 atom stereocenters. The first kappa shape index (κ1) is 17.9. The van der Waals surface area contributed by atoms with Gasteiger partial charge in [-0.3, -0.25) is 0 Å². The summed E-state index contributed by atoms with van der Waals surface area (Å²) in [6, 6.07) is 17.8. The number of carbonyl (C=O) groups excluding carboxylic acids is 1. The minimum absolute atomic E-state index is 0.0626. The molecule has 2 amide bonds. The van der Waals surface area contributed by atoms with E-state index in [0.29, 0.717) is 6.54 Å². The zero-order chi connectivity index (χ0) is 19.7. The van der Waals surface area contributed by atoms with E-state index in [1.165, 1.54) is 5.56 Å². The highest BCUT2D eigenvalue weighted by Gasteiger charge is 2.47. The smallest absolute Gasteiger partial charge is 0.321 e. The largest absolute Gasteiger partial charge is 0.381 e. The van der Waals surface area contributed by atoms with Crippen molar-refractivity contribution >= 4 is 11.7 Å². The summed E-state index contributed by atoms with van der Waals surface area (Å²) in [5.74, 6) is 0. The molecule has 2 fully saturated rings. The van der Waals surface area contributed by atoms with Crippen LogP contribution in [-0.4, -0.2) is 52.2 Å². The number of nitrogens with one attached hydrogen (secondary N) is 1. The molecule has 0 radical (unpaired) electrons. The molecule has 7 nitrogen and oxygen atoms in total. The Kier molecular flexibility index (Phi) is 4.52. The Bertz CT molecular complexity index is 1000. The minimum Gasteiger partial charge on any atom is -0.381 e. The molecule has 1 spiro atoms. The maximum Gasteiger partial charge on any atom is 0.321 e. The zero-order valence-corrected chi connectivity index (χ0v) is 16.1. The van der Waals surface area contributed by atoms with Gasteiger partial charge in [0.25, 0.3) is 0 Å². The molecule has 2 aromatic carbocycles. The highest BCUT2D eigenvalue weighted by atomic mass is 16.5. The summed E-state index contributed by atoms with van der Waals surface area (Å²) in [5, 5.41) is 11.5. The molecule has 0 aliphatic carbocycles. The average molecular weight is 389 g/mol. The van der Waals surface area contributed by atoms with Crippen molar-refractivity contribution < 1.29 is 9.53 Å². The molecule has 1 aromatic heterocycles. The summed E-state index contributed by atoms with van der Waals surface area (Å²) in [6.45, 7) is 3.79. The molecule has 29 heavy (non-hydrogen) atoms. The predicted molar refractivity (Wildman–Crippen MR) is 109 cm³/mol. The van der Waals surface area contributed by atoms with Crippen LogP contribution in [0.2, 0.25) is 0 Å². The lowest BCUT2D eigenvalue weighted by Gasteiger charge is -2.46. The molecule has 7 heteroatoms. The standard InChI is InChI=1S/C22H23N5O2/c28-21(26-14-22(15-26)9-10-29-16-22)23-19-8-4-7-18(11-19)20-13-27(25-24-20)12-17-5-2-1-3-6-17/h1-8,11,13H,9-10,12,14-16H2,(H,23,28). The monoisotopic (exact) mass is 389 g/mol. The van der Waals surface area contributed by atoms with Crippen LogP contribution in [0.1, 0.15) is 12.0 Å². The summed E-state index contributed by atoms with van der Waals surface area (Å²) >= 11 is 0. The van der Waals surface area contributed by atoms with Gasteiger partial charge in [0, 0.05) is 36.4 Å². The van der Waals surface area contributed by atoms with Gasteiger partial charge in [0.05, 0.1) is 19.3 Å². The Morgan fingerprint density at radius 2 is 2.00 bits per heavy atom. The Hall–Kier alpha value is -3.19. The summed E-state index contributed by atoms with van der Waals surface area (Å²) < 4.78 is 7.30. The highest BCUT2D eigenvalue weighted by Crippen LogP contribution is 2.38. The van der Waals surface area contributed by atoms with Gasteiger partial charge in [0.15, 0.2) is 0 Å². The van der Waals surface area contributed by atoms with Gasteiger partial charge in [0.1, 0.15) is 5.69 Å². The summed E-state index contributed by atoms with van der Waals surface area (Å²) in [4.78, 5) is 14.4. The Morgan fingerprint density at radius 1 is 1.14 bits per heavy atom. The van der Waals surface area contributed by atoms with Gasteiger partial charge in [-0.25, -0.2) is 9.48 Å². The number of rotatable bonds is 4. The molecule has 2 saturated heterocycles. The first-order valence-corrected chi connectivity index (χ1v) is 9.87. The molecule has 3 heterocycles. The summed E-state index contributed by atoms with van der Waals surface area (Å²) in [7, 11) is 0. The molecular formula is C22H23N5O2. The van der Waals surface area contributed by atoms with Crippen LogP contribution in [0.3, 0.4) is 0 Å². The molecule has 148 valence electrons. The molecular weight excluding hydrogens is 366 g/mol. The maximum absolute atomic E-state index is 12.5. The van der Waals surface area contributed by atoms with Crippen LogP contribution >= 0.6 is 0 Å². The lowest BCUT2D eigenvalue weighted by atomic mass is 9.79. The lowest BCUT2D eigenvalue weighted by molar-refractivity contribution is 0.0255. The summed E-state index contributed by atoms with van der Waals surface area (Å²) in [6.07, 6.45) is 2.97.